The average molecular weight is 275 g/mol. The maximum absolute atomic E-state index is 5.73. The van der Waals surface area contributed by atoms with Gasteiger partial charge in [-0.2, -0.15) is 0 Å². The molecular formula is C12H19ClN2OS. The van der Waals surface area contributed by atoms with E-state index in [2.05, 4.69) is 22.2 Å². The summed E-state index contributed by atoms with van der Waals surface area (Å²) in [5.41, 5.74) is 1.01. The number of morpholine rings is 1. The van der Waals surface area contributed by atoms with Gasteiger partial charge in [0.15, 0.2) is 0 Å². The molecule has 17 heavy (non-hydrogen) atoms. The normalized spacial score (nSPS) is 21.9. The molecule has 0 aromatic carbocycles. The summed E-state index contributed by atoms with van der Waals surface area (Å²) >= 11 is 7.46. The van der Waals surface area contributed by atoms with Crippen LogP contribution in [-0.2, 0) is 17.0 Å². The minimum atomic E-state index is 0.381. The van der Waals surface area contributed by atoms with E-state index in [0.717, 1.165) is 38.4 Å². The predicted molar refractivity (Wildman–Crippen MR) is 71.8 cm³/mol. The average Bonchev–Trinajstić information content (AvgIpc) is 2.77. The summed E-state index contributed by atoms with van der Waals surface area (Å²) < 4.78 is 5.52. The van der Waals surface area contributed by atoms with Crippen molar-refractivity contribution in [2.24, 2.45) is 0 Å². The molecule has 96 valence electrons. The van der Waals surface area contributed by atoms with Crippen molar-refractivity contribution in [3.05, 3.63) is 16.1 Å². The van der Waals surface area contributed by atoms with Gasteiger partial charge in [-0.15, -0.1) is 22.9 Å². The number of hydrogen-bond donors (Lipinski definition) is 0. The Bertz CT molecular complexity index is 345. The topological polar surface area (TPSA) is 25.4 Å². The smallest absolute Gasteiger partial charge is 0.0929 e. The van der Waals surface area contributed by atoms with E-state index in [1.54, 1.807) is 11.3 Å². The van der Waals surface area contributed by atoms with E-state index in [0.29, 0.717) is 12.0 Å². The first-order valence-electron chi connectivity index (χ1n) is 6.11. The molecule has 1 atom stereocenters. The van der Waals surface area contributed by atoms with Crippen LogP contribution in [0.1, 0.15) is 24.0 Å². The highest BCUT2D eigenvalue weighted by Crippen LogP contribution is 2.14. The van der Waals surface area contributed by atoms with Crippen LogP contribution < -0.4 is 0 Å². The lowest BCUT2D eigenvalue weighted by Gasteiger charge is -2.30. The molecule has 1 aliphatic rings. The highest BCUT2D eigenvalue weighted by Gasteiger charge is 2.15. The Kier molecular flexibility index (Phi) is 5.22. The highest BCUT2D eigenvalue weighted by atomic mass is 35.5. The van der Waals surface area contributed by atoms with Crippen molar-refractivity contribution < 1.29 is 4.74 Å². The fourth-order valence-corrected chi connectivity index (χ4v) is 3.14. The molecule has 1 aromatic heterocycles. The van der Waals surface area contributed by atoms with E-state index in [4.69, 9.17) is 16.3 Å². The Balaban J connectivity index is 1.68. The fraction of sp³-hybridized carbons (Fsp3) is 0.750. The maximum atomic E-state index is 5.73. The molecule has 0 saturated carbocycles. The van der Waals surface area contributed by atoms with E-state index in [9.17, 15) is 0 Å². The van der Waals surface area contributed by atoms with Crippen LogP contribution in [0, 0.1) is 0 Å². The van der Waals surface area contributed by atoms with E-state index in [-0.39, 0.29) is 0 Å². The van der Waals surface area contributed by atoms with Crippen LogP contribution in [0.15, 0.2) is 5.38 Å². The van der Waals surface area contributed by atoms with Crippen LogP contribution >= 0.6 is 22.9 Å². The second kappa shape index (κ2) is 6.69. The lowest BCUT2D eigenvalue weighted by atomic mass is 10.2. The Labute approximate surface area is 112 Å². The molecule has 0 bridgehead atoms. The van der Waals surface area contributed by atoms with Crippen LogP contribution in [0.25, 0.3) is 0 Å². The third-order valence-corrected chi connectivity index (χ3v) is 4.16. The molecule has 0 aliphatic carbocycles. The number of aromatic nitrogens is 1. The zero-order valence-corrected chi connectivity index (χ0v) is 11.8. The van der Waals surface area contributed by atoms with Gasteiger partial charge in [-0.1, -0.05) is 0 Å². The Hall–Kier alpha value is -0.160. The van der Waals surface area contributed by atoms with Gasteiger partial charge in [0.2, 0.25) is 0 Å². The zero-order valence-electron chi connectivity index (χ0n) is 10.2. The van der Waals surface area contributed by atoms with Crippen LogP contribution in [-0.4, -0.2) is 42.2 Å². The molecule has 1 saturated heterocycles. The van der Waals surface area contributed by atoms with E-state index >= 15 is 0 Å². The summed E-state index contributed by atoms with van der Waals surface area (Å²) in [6, 6.07) is 0. The lowest BCUT2D eigenvalue weighted by Crippen LogP contribution is -2.41. The molecular weight excluding hydrogens is 256 g/mol. The molecule has 0 amide bonds. The number of hydrogen-bond acceptors (Lipinski definition) is 4. The summed E-state index contributed by atoms with van der Waals surface area (Å²) in [5, 5.41) is 3.26. The zero-order chi connectivity index (χ0) is 12.1. The molecule has 3 nitrogen and oxygen atoms in total. The second-order valence-corrected chi connectivity index (χ2v) is 5.66. The molecule has 1 unspecified atom stereocenters. The third-order valence-electron chi connectivity index (χ3n) is 2.93. The van der Waals surface area contributed by atoms with Gasteiger partial charge in [0.25, 0.3) is 0 Å². The fourth-order valence-electron chi connectivity index (χ4n) is 2.07. The molecule has 1 fully saturated rings. The summed E-state index contributed by atoms with van der Waals surface area (Å²) in [6.45, 7) is 6.28. The molecule has 1 aromatic rings. The summed E-state index contributed by atoms with van der Waals surface area (Å²) in [7, 11) is 0. The molecule has 0 N–H and O–H groups in total. The molecule has 0 spiro atoms. The third kappa shape index (κ3) is 4.21. The van der Waals surface area contributed by atoms with Crippen molar-refractivity contribution in [2.45, 2.75) is 31.7 Å². The van der Waals surface area contributed by atoms with Crippen molar-refractivity contribution in [3.63, 3.8) is 0 Å². The van der Waals surface area contributed by atoms with Crippen LogP contribution in [0.4, 0.5) is 0 Å². The SMILES string of the molecule is CC1CN(CCCc2nc(CCl)cs2)CCO1. The maximum Gasteiger partial charge on any atom is 0.0929 e. The molecule has 0 radical (unpaired) electrons. The molecule has 2 heterocycles. The van der Waals surface area contributed by atoms with Gasteiger partial charge in [-0.05, 0) is 19.9 Å². The van der Waals surface area contributed by atoms with E-state index in [1.807, 2.05) is 0 Å². The first kappa shape index (κ1) is 13.3. The van der Waals surface area contributed by atoms with Gasteiger partial charge in [-0.3, -0.25) is 4.90 Å². The van der Waals surface area contributed by atoms with Crippen LogP contribution in [0.5, 0.6) is 0 Å². The Morgan fingerprint density at radius 3 is 3.24 bits per heavy atom. The van der Waals surface area contributed by atoms with E-state index in [1.165, 1.54) is 11.4 Å². The first-order valence-corrected chi connectivity index (χ1v) is 7.52. The Morgan fingerprint density at radius 1 is 1.65 bits per heavy atom. The summed E-state index contributed by atoms with van der Waals surface area (Å²) in [4.78, 5) is 6.95. The monoisotopic (exact) mass is 274 g/mol. The van der Waals surface area contributed by atoms with Crippen molar-refractivity contribution in [2.75, 3.05) is 26.2 Å². The number of ether oxygens (including phenoxy) is 1. The van der Waals surface area contributed by atoms with Crippen molar-refractivity contribution in [1.29, 1.82) is 0 Å². The van der Waals surface area contributed by atoms with Gasteiger partial charge in [-0.25, -0.2) is 4.98 Å². The van der Waals surface area contributed by atoms with Gasteiger partial charge in [0.1, 0.15) is 0 Å². The largest absolute Gasteiger partial charge is 0.376 e. The summed E-state index contributed by atoms with van der Waals surface area (Å²) in [5.74, 6) is 0.525. The quantitative estimate of drug-likeness (QED) is 0.772. The predicted octanol–water partition coefficient (Wildman–Crippen LogP) is 2.54. The number of rotatable bonds is 5. The minimum absolute atomic E-state index is 0.381. The first-order chi connectivity index (χ1) is 8.28. The van der Waals surface area contributed by atoms with E-state index < -0.39 is 0 Å². The van der Waals surface area contributed by atoms with Gasteiger partial charge in [0.05, 0.1) is 29.3 Å². The molecule has 1 aliphatic heterocycles. The van der Waals surface area contributed by atoms with Crippen molar-refractivity contribution in [3.8, 4) is 0 Å². The van der Waals surface area contributed by atoms with Gasteiger partial charge in [0, 0.05) is 24.9 Å². The van der Waals surface area contributed by atoms with Gasteiger partial charge < -0.3 is 4.74 Å². The minimum Gasteiger partial charge on any atom is -0.376 e. The van der Waals surface area contributed by atoms with Crippen LogP contribution in [0.2, 0.25) is 0 Å². The highest BCUT2D eigenvalue weighted by molar-refractivity contribution is 7.09. The number of halogens is 1. The molecule has 5 heteroatoms. The summed E-state index contributed by atoms with van der Waals surface area (Å²) in [6.07, 6.45) is 2.61. The number of thiazole rings is 1. The van der Waals surface area contributed by atoms with Gasteiger partial charge >= 0.3 is 0 Å². The van der Waals surface area contributed by atoms with Crippen LogP contribution in [0.3, 0.4) is 0 Å². The molecule has 2 rings (SSSR count). The number of alkyl halides is 1. The number of nitrogens with zero attached hydrogens (tertiary/aromatic N) is 2. The lowest BCUT2D eigenvalue weighted by molar-refractivity contribution is -0.0184. The Morgan fingerprint density at radius 2 is 2.53 bits per heavy atom. The second-order valence-electron chi connectivity index (χ2n) is 4.45. The number of aryl methyl sites for hydroxylation is 1. The standard InChI is InChI=1S/C12H19ClN2OS/c1-10-8-15(5-6-16-10)4-2-3-12-14-11(7-13)9-17-12/h9-10H,2-8H2,1H3. The van der Waals surface area contributed by atoms with Crippen molar-refractivity contribution in [1.82, 2.24) is 9.88 Å². The van der Waals surface area contributed by atoms with Crippen molar-refractivity contribution >= 4 is 22.9 Å².